The van der Waals surface area contributed by atoms with Crippen molar-refractivity contribution in [3.05, 3.63) is 130 Å². The number of hydrogen-bond donors (Lipinski definition) is 2. The second kappa shape index (κ2) is 11.9. The van der Waals surface area contributed by atoms with Crippen LogP contribution in [0, 0.1) is 18.6 Å². The van der Waals surface area contributed by atoms with Crippen molar-refractivity contribution in [3.63, 3.8) is 0 Å². The zero-order valence-corrected chi connectivity index (χ0v) is 24.7. The van der Waals surface area contributed by atoms with E-state index in [0.717, 1.165) is 17.2 Å². The lowest BCUT2D eigenvalue weighted by Gasteiger charge is -2.29. The molecule has 4 aromatic carbocycles. The molecule has 226 valence electrons. The van der Waals surface area contributed by atoms with Gasteiger partial charge in [-0.3, -0.25) is 4.79 Å². The highest BCUT2D eigenvalue weighted by atomic mass is 19.2. The lowest BCUT2D eigenvalue weighted by atomic mass is 9.70. The van der Waals surface area contributed by atoms with Gasteiger partial charge in [-0.1, -0.05) is 78.4 Å². The van der Waals surface area contributed by atoms with E-state index in [1.807, 2.05) is 49.4 Å². The van der Waals surface area contributed by atoms with Gasteiger partial charge < -0.3 is 20.1 Å². The van der Waals surface area contributed by atoms with E-state index < -0.39 is 46.7 Å². The van der Waals surface area contributed by atoms with Crippen LogP contribution in [0.4, 0.5) is 19.3 Å². The predicted octanol–water partition coefficient (Wildman–Crippen LogP) is 6.60. The fourth-order valence-corrected chi connectivity index (χ4v) is 5.31. The second-order valence-electron chi connectivity index (χ2n) is 11.7. The van der Waals surface area contributed by atoms with Crippen molar-refractivity contribution >= 4 is 23.7 Å². The number of aryl methyl sites for hydroxylation is 1. The van der Waals surface area contributed by atoms with Gasteiger partial charge in [0.2, 0.25) is 5.91 Å². The summed E-state index contributed by atoms with van der Waals surface area (Å²) in [5.74, 6) is -3.32. The molecule has 44 heavy (non-hydrogen) atoms. The third-order valence-corrected chi connectivity index (χ3v) is 7.33. The summed E-state index contributed by atoms with van der Waals surface area (Å²) in [5.41, 5.74) is 0.552. The molecule has 2 amide bonds. The lowest BCUT2D eigenvalue weighted by molar-refractivity contribution is -0.136. The number of anilines is 1. The molecule has 2 N–H and O–H groups in total. The quantitative estimate of drug-likeness (QED) is 0.185. The Labute approximate surface area is 254 Å². The number of fused-ring (bicyclic) bond motifs is 1. The Morgan fingerprint density at radius 1 is 0.886 bits per heavy atom. The summed E-state index contributed by atoms with van der Waals surface area (Å²) in [6.45, 7) is 7.06. The van der Waals surface area contributed by atoms with Crippen molar-refractivity contribution in [2.75, 3.05) is 5.32 Å². The SMILES string of the molecule is Cc1ccc(C2(c3ccc(OC(=O)C(Cc4ccccc4)NC(=O)OC(C)(C)C)cc3)C(=O)Nc3c2ccc(F)c3F)cc1. The highest BCUT2D eigenvalue weighted by molar-refractivity contribution is 6.11. The topological polar surface area (TPSA) is 93.7 Å². The number of hydrogen-bond acceptors (Lipinski definition) is 5. The Hall–Kier alpha value is -5.05. The van der Waals surface area contributed by atoms with Crippen LogP contribution >= 0.6 is 0 Å². The van der Waals surface area contributed by atoms with E-state index in [2.05, 4.69) is 10.6 Å². The van der Waals surface area contributed by atoms with Gasteiger partial charge in [0.05, 0.1) is 5.69 Å². The summed E-state index contributed by atoms with van der Waals surface area (Å²) >= 11 is 0. The Kier molecular flexibility index (Phi) is 8.23. The number of carbonyl (C=O) groups excluding carboxylic acids is 3. The molecule has 4 aromatic rings. The van der Waals surface area contributed by atoms with E-state index in [0.29, 0.717) is 11.1 Å². The summed E-state index contributed by atoms with van der Waals surface area (Å²) in [4.78, 5) is 39.6. The maximum Gasteiger partial charge on any atom is 0.408 e. The minimum atomic E-state index is -1.49. The molecule has 2 atom stereocenters. The molecule has 0 saturated heterocycles. The average molecular weight is 599 g/mol. The molecule has 0 radical (unpaired) electrons. The molecule has 0 bridgehead atoms. The van der Waals surface area contributed by atoms with Gasteiger partial charge in [0.15, 0.2) is 11.6 Å². The number of benzene rings is 4. The van der Waals surface area contributed by atoms with Crippen molar-refractivity contribution in [2.24, 2.45) is 0 Å². The molecular weight excluding hydrogens is 566 g/mol. The average Bonchev–Trinajstić information content (AvgIpc) is 3.28. The Morgan fingerprint density at radius 3 is 2.11 bits per heavy atom. The number of ether oxygens (including phenoxy) is 2. The normalized spacial score (nSPS) is 16.5. The molecule has 0 aromatic heterocycles. The molecular formula is C35H32F2N2O5. The highest BCUT2D eigenvalue weighted by Crippen LogP contribution is 2.49. The van der Waals surface area contributed by atoms with Gasteiger partial charge in [0.25, 0.3) is 0 Å². The van der Waals surface area contributed by atoms with Gasteiger partial charge in [-0.15, -0.1) is 0 Å². The van der Waals surface area contributed by atoms with E-state index in [4.69, 9.17) is 9.47 Å². The van der Waals surface area contributed by atoms with Crippen molar-refractivity contribution in [1.29, 1.82) is 0 Å². The van der Waals surface area contributed by atoms with Crippen LogP contribution in [0.1, 0.15) is 48.6 Å². The van der Waals surface area contributed by atoms with Gasteiger partial charge in [-0.05, 0) is 62.6 Å². The number of halogens is 2. The van der Waals surface area contributed by atoms with Crippen LogP contribution in [-0.4, -0.2) is 29.6 Å². The Morgan fingerprint density at radius 2 is 1.50 bits per heavy atom. The third kappa shape index (κ3) is 6.04. The van der Waals surface area contributed by atoms with Crippen molar-refractivity contribution < 1.29 is 32.6 Å². The van der Waals surface area contributed by atoms with Gasteiger partial charge >= 0.3 is 12.1 Å². The molecule has 0 fully saturated rings. The first-order valence-electron chi connectivity index (χ1n) is 14.1. The summed E-state index contributed by atoms with van der Waals surface area (Å²) in [7, 11) is 0. The molecule has 1 aliphatic rings. The Bertz CT molecular complexity index is 1700. The lowest BCUT2D eigenvalue weighted by Crippen LogP contribution is -2.46. The fraction of sp³-hybridized carbons (Fsp3) is 0.229. The van der Waals surface area contributed by atoms with Gasteiger partial charge in [-0.25, -0.2) is 18.4 Å². The molecule has 9 heteroatoms. The number of carbonyl (C=O) groups is 3. The van der Waals surface area contributed by atoms with Crippen LogP contribution in [0.3, 0.4) is 0 Å². The molecule has 1 heterocycles. The largest absolute Gasteiger partial charge is 0.444 e. The molecule has 7 nitrogen and oxygen atoms in total. The highest BCUT2D eigenvalue weighted by Gasteiger charge is 2.51. The fourth-order valence-electron chi connectivity index (χ4n) is 5.31. The number of nitrogens with one attached hydrogen (secondary N) is 2. The minimum Gasteiger partial charge on any atom is -0.444 e. The van der Waals surface area contributed by atoms with E-state index in [-0.39, 0.29) is 23.4 Å². The van der Waals surface area contributed by atoms with Crippen LogP contribution in [0.15, 0.2) is 91.0 Å². The maximum atomic E-state index is 14.8. The van der Waals surface area contributed by atoms with Gasteiger partial charge in [0, 0.05) is 12.0 Å². The molecule has 1 aliphatic heterocycles. The van der Waals surface area contributed by atoms with Crippen LogP contribution in [-0.2, 0) is 26.2 Å². The zero-order chi connectivity index (χ0) is 31.6. The smallest absolute Gasteiger partial charge is 0.408 e. The van der Waals surface area contributed by atoms with Gasteiger partial charge in [0.1, 0.15) is 22.8 Å². The van der Waals surface area contributed by atoms with Gasteiger partial charge in [-0.2, -0.15) is 0 Å². The van der Waals surface area contributed by atoms with E-state index >= 15 is 0 Å². The third-order valence-electron chi connectivity index (χ3n) is 7.33. The number of esters is 1. The molecule has 2 unspecified atom stereocenters. The predicted molar refractivity (Wildman–Crippen MR) is 161 cm³/mol. The van der Waals surface area contributed by atoms with Crippen molar-refractivity contribution in [3.8, 4) is 5.75 Å². The molecule has 0 saturated carbocycles. The number of alkyl carbamates (subject to hydrolysis) is 1. The molecule has 0 aliphatic carbocycles. The molecule has 5 rings (SSSR count). The first kappa shape index (κ1) is 30.4. The summed E-state index contributed by atoms with van der Waals surface area (Å²) in [6, 6.07) is 23.9. The maximum absolute atomic E-state index is 14.8. The second-order valence-corrected chi connectivity index (χ2v) is 11.7. The summed E-state index contributed by atoms with van der Waals surface area (Å²) in [6.07, 6.45) is -0.604. The number of rotatable bonds is 7. The standard InChI is InChI=1S/C35H32F2N2O5/c1-21-10-12-23(13-11-21)35(26-18-19-27(36)29(37)30(26)39-32(35)41)24-14-16-25(17-15-24)43-31(40)28(20-22-8-6-5-7-9-22)38-33(42)44-34(2,3)4/h5-19,28H,20H2,1-4H3,(H,38,42)(H,39,41). The monoisotopic (exact) mass is 598 g/mol. The molecule has 0 spiro atoms. The van der Waals surface area contributed by atoms with Crippen LogP contribution in [0.5, 0.6) is 5.75 Å². The van der Waals surface area contributed by atoms with E-state index in [1.165, 1.54) is 18.2 Å². The first-order chi connectivity index (χ1) is 20.9. The van der Waals surface area contributed by atoms with Crippen LogP contribution in [0.2, 0.25) is 0 Å². The van der Waals surface area contributed by atoms with E-state index in [9.17, 15) is 23.2 Å². The van der Waals surface area contributed by atoms with Crippen LogP contribution in [0.25, 0.3) is 0 Å². The van der Waals surface area contributed by atoms with Crippen molar-refractivity contribution in [1.82, 2.24) is 5.32 Å². The summed E-state index contributed by atoms with van der Waals surface area (Å²) in [5, 5.41) is 5.14. The number of amides is 2. The van der Waals surface area contributed by atoms with Crippen LogP contribution < -0.4 is 15.4 Å². The van der Waals surface area contributed by atoms with Crippen molar-refractivity contribution in [2.45, 2.75) is 51.2 Å². The minimum absolute atomic E-state index is 0.158. The summed E-state index contributed by atoms with van der Waals surface area (Å²) < 4.78 is 40.0. The Balaban J connectivity index is 1.47. The van der Waals surface area contributed by atoms with E-state index in [1.54, 1.807) is 45.0 Å². The first-order valence-corrected chi connectivity index (χ1v) is 14.1. The zero-order valence-electron chi connectivity index (χ0n) is 24.7.